The molecular weight excluding hydrogens is 771 g/mol. The molecule has 2 heterocycles. The lowest BCUT2D eigenvalue weighted by atomic mass is 9.91. The third-order valence-corrected chi connectivity index (χ3v) is 12.3. The second-order valence-electron chi connectivity index (χ2n) is 16.2. The second kappa shape index (κ2) is 23.4. The zero-order chi connectivity index (χ0) is 43.1. The fraction of sp³-hybridized carbons (Fsp3) is 0.578. The first-order valence-corrected chi connectivity index (χ1v) is 21.7. The van der Waals surface area contributed by atoms with Gasteiger partial charge in [0.05, 0.1) is 19.1 Å². The standard InChI is InChI=1S/C45H65N5O8S/c1-9-30(4)40(48-42(52)37-17-13-14-22-49(37)6)44(53)50(26-33-15-11-10-12-16-33)38(29(2)3)25-39(58-28-56-7)43-47-36(27-59-43)41(51)46-34(23-31(5)45(54)55)24-32-18-20-35(57-8)21-19-32/h10-12,15-16,18-21,27,29-31,34,37-40H,9,13-14,17,22-26,28H2,1-8H3,(H,46,51)(H,48,52)(H,54,55)/t30?,31-,34+,37?,38+,39+,40?/m0/s1. The Morgan fingerprint density at radius 1 is 0.966 bits per heavy atom. The number of rotatable bonds is 23. The third kappa shape index (κ3) is 13.8. The molecule has 3 amide bonds. The summed E-state index contributed by atoms with van der Waals surface area (Å²) in [5.74, 6) is -1.79. The minimum atomic E-state index is -0.942. The van der Waals surface area contributed by atoms with Crippen molar-refractivity contribution in [3.63, 3.8) is 0 Å². The molecule has 14 heteroatoms. The topological polar surface area (TPSA) is 160 Å². The Morgan fingerprint density at radius 2 is 1.68 bits per heavy atom. The number of aliphatic carboxylic acids is 1. The lowest BCUT2D eigenvalue weighted by Crippen LogP contribution is -2.58. The van der Waals surface area contributed by atoms with E-state index >= 15 is 4.79 Å². The van der Waals surface area contributed by atoms with Gasteiger partial charge in [0.2, 0.25) is 11.8 Å². The van der Waals surface area contributed by atoms with Crippen LogP contribution in [0.15, 0.2) is 60.0 Å². The number of amides is 3. The smallest absolute Gasteiger partial charge is 0.306 e. The first-order chi connectivity index (χ1) is 28.3. The number of likely N-dealkylation sites (tertiary alicyclic amines) is 1. The molecule has 1 fully saturated rings. The number of ether oxygens (including phenoxy) is 3. The summed E-state index contributed by atoms with van der Waals surface area (Å²) in [6.45, 7) is 10.9. The molecule has 0 radical (unpaired) electrons. The van der Waals surface area contributed by atoms with Gasteiger partial charge in [-0.15, -0.1) is 11.3 Å². The number of hydrogen-bond donors (Lipinski definition) is 3. The van der Waals surface area contributed by atoms with Gasteiger partial charge in [0, 0.05) is 37.5 Å². The van der Waals surface area contributed by atoms with E-state index in [-0.39, 0.29) is 54.6 Å². The number of carboxylic acid groups (broad SMARTS) is 1. The average molecular weight is 836 g/mol. The molecule has 13 nitrogen and oxygen atoms in total. The summed E-state index contributed by atoms with van der Waals surface area (Å²) >= 11 is 1.28. The molecular formula is C45H65N5O8S. The van der Waals surface area contributed by atoms with E-state index in [1.807, 2.05) is 80.4 Å². The Bertz CT molecular complexity index is 1770. The van der Waals surface area contributed by atoms with Crippen molar-refractivity contribution in [2.24, 2.45) is 17.8 Å². The Morgan fingerprint density at radius 3 is 2.29 bits per heavy atom. The number of hydrogen-bond acceptors (Lipinski definition) is 10. The van der Waals surface area contributed by atoms with Gasteiger partial charge in [-0.1, -0.05) is 89.9 Å². The van der Waals surface area contributed by atoms with Gasteiger partial charge in [0.1, 0.15) is 35.4 Å². The van der Waals surface area contributed by atoms with E-state index in [0.717, 1.165) is 36.9 Å². The number of nitrogens with zero attached hydrogens (tertiary/aromatic N) is 3. The van der Waals surface area contributed by atoms with E-state index in [4.69, 9.17) is 19.2 Å². The van der Waals surface area contributed by atoms with Crippen LogP contribution in [0.4, 0.5) is 0 Å². The van der Waals surface area contributed by atoms with Gasteiger partial charge >= 0.3 is 5.97 Å². The van der Waals surface area contributed by atoms with Crippen LogP contribution in [-0.4, -0.2) is 102 Å². The van der Waals surface area contributed by atoms with Crippen LogP contribution >= 0.6 is 11.3 Å². The summed E-state index contributed by atoms with van der Waals surface area (Å²) in [5.41, 5.74) is 2.06. The molecule has 7 atom stereocenters. The van der Waals surface area contributed by atoms with Gasteiger partial charge in [0.15, 0.2) is 0 Å². The van der Waals surface area contributed by atoms with E-state index < -0.39 is 36.0 Å². The molecule has 3 N–H and O–H groups in total. The lowest BCUT2D eigenvalue weighted by molar-refractivity contribution is -0.144. The number of aromatic nitrogens is 1. The Hall–Kier alpha value is -4.37. The highest BCUT2D eigenvalue weighted by Crippen LogP contribution is 2.32. The Kier molecular flexibility index (Phi) is 18.8. The first-order valence-electron chi connectivity index (χ1n) is 20.8. The number of piperidine rings is 1. The number of carboxylic acids is 1. The van der Waals surface area contributed by atoms with Crippen LogP contribution in [0.5, 0.6) is 5.75 Å². The van der Waals surface area contributed by atoms with E-state index in [1.54, 1.807) is 19.4 Å². The summed E-state index contributed by atoms with van der Waals surface area (Å²) in [6.07, 6.45) is 3.81. The van der Waals surface area contributed by atoms with Crippen molar-refractivity contribution in [2.75, 3.05) is 34.6 Å². The quantitative estimate of drug-likeness (QED) is 0.0876. The SMILES string of the molecule is CCC(C)C(NC(=O)C1CCCCN1C)C(=O)N(Cc1ccccc1)[C@H](C[C@@H](OCOC)c1nc(C(=O)N[C@@H](Cc2ccc(OC)cc2)C[C@H](C)C(=O)O)cs1)C(C)C. The summed E-state index contributed by atoms with van der Waals surface area (Å²) < 4.78 is 16.9. The van der Waals surface area contributed by atoms with Crippen molar-refractivity contribution in [3.8, 4) is 5.75 Å². The molecule has 0 saturated carbocycles. The molecule has 324 valence electrons. The zero-order valence-electron chi connectivity index (χ0n) is 36.0. The third-order valence-electron chi connectivity index (χ3n) is 11.4. The molecule has 0 spiro atoms. The molecule has 0 bridgehead atoms. The molecule has 1 aliphatic heterocycles. The Labute approximate surface area is 354 Å². The van der Waals surface area contributed by atoms with Crippen molar-refractivity contribution < 1.29 is 38.5 Å². The highest BCUT2D eigenvalue weighted by molar-refractivity contribution is 7.09. The summed E-state index contributed by atoms with van der Waals surface area (Å²) in [5, 5.41) is 18.1. The molecule has 2 aromatic carbocycles. The van der Waals surface area contributed by atoms with Gasteiger partial charge in [-0.2, -0.15) is 0 Å². The number of carbonyl (C=O) groups is 4. The molecule has 3 aromatic rings. The number of carbonyl (C=O) groups excluding carboxylic acids is 3. The second-order valence-corrected chi connectivity index (χ2v) is 17.1. The highest BCUT2D eigenvalue weighted by atomic mass is 32.1. The van der Waals surface area contributed by atoms with Gasteiger partial charge in [-0.05, 0) is 74.4 Å². The summed E-state index contributed by atoms with van der Waals surface area (Å²) in [4.78, 5) is 63.2. The number of likely N-dealkylation sites (N-methyl/N-ethyl adjacent to an activating group) is 1. The maximum Gasteiger partial charge on any atom is 0.306 e. The summed E-state index contributed by atoms with van der Waals surface area (Å²) in [6, 6.07) is 15.4. The molecule has 1 aliphatic rings. The molecule has 59 heavy (non-hydrogen) atoms. The largest absolute Gasteiger partial charge is 0.497 e. The van der Waals surface area contributed by atoms with Gasteiger partial charge < -0.3 is 34.9 Å². The minimum Gasteiger partial charge on any atom is -0.497 e. The highest BCUT2D eigenvalue weighted by Gasteiger charge is 2.38. The predicted octanol–water partition coefficient (Wildman–Crippen LogP) is 6.72. The minimum absolute atomic E-state index is 0.0354. The molecule has 1 saturated heterocycles. The maximum absolute atomic E-state index is 15.0. The van der Waals surface area contributed by atoms with Gasteiger partial charge in [-0.25, -0.2) is 4.98 Å². The predicted molar refractivity (Wildman–Crippen MR) is 229 cm³/mol. The normalized spacial score (nSPS) is 17.6. The first kappa shape index (κ1) is 47.3. The Balaban J connectivity index is 1.63. The number of nitrogens with one attached hydrogen (secondary N) is 2. The lowest BCUT2D eigenvalue weighted by Gasteiger charge is -2.40. The van der Waals surface area contributed by atoms with Crippen molar-refractivity contribution in [1.82, 2.24) is 25.4 Å². The molecule has 0 aliphatic carbocycles. The zero-order valence-corrected chi connectivity index (χ0v) is 36.8. The van der Waals surface area contributed by atoms with Crippen LogP contribution in [0.1, 0.15) is 106 Å². The molecule has 4 rings (SSSR count). The average Bonchev–Trinajstić information content (AvgIpc) is 3.73. The van der Waals surface area contributed by atoms with Crippen molar-refractivity contribution in [1.29, 1.82) is 0 Å². The number of benzene rings is 2. The fourth-order valence-corrected chi connectivity index (χ4v) is 8.45. The number of thiazole rings is 1. The van der Waals surface area contributed by atoms with Crippen LogP contribution in [-0.2, 0) is 36.8 Å². The van der Waals surface area contributed by atoms with Crippen LogP contribution in [0.2, 0.25) is 0 Å². The van der Waals surface area contributed by atoms with Crippen LogP contribution in [0, 0.1) is 17.8 Å². The van der Waals surface area contributed by atoms with Gasteiger partial charge in [0.25, 0.3) is 5.91 Å². The van der Waals surface area contributed by atoms with E-state index in [2.05, 4.69) is 29.4 Å². The van der Waals surface area contributed by atoms with Crippen molar-refractivity contribution in [2.45, 2.75) is 116 Å². The monoisotopic (exact) mass is 835 g/mol. The van der Waals surface area contributed by atoms with Crippen molar-refractivity contribution >= 4 is 35.0 Å². The van der Waals surface area contributed by atoms with Crippen LogP contribution < -0.4 is 15.4 Å². The van der Waals surface area contributed by atoms with Gasteiger partial charge in [-0.3, -0.25) is 24.1 Å². The fourth-order valence-electron chi connectivity index (χ4n) is 7.59. The molecule has 1 aromatic heterocycles. The maximum atomic E-state index is 15.0. The van der Waals surface area contributed by atoms with E-state index in [1.165, 1.54) is 18.4 Å². The number of methoxy groups -OCH3 is 2. The van der Waals surface area contributed by atoms with E-state index in [9.17, 15) is 19.5 Å². The van der Waals surface area contributed by atoms with Crippen LogP contribution in [0.3, 0.4) is 0 Å². The van der Waals surface area contributed by atoms with Crippen molar-refractivity contribution in [3.05, 3.63) is 81.8 Å². The molecule has 3 unspecified atom stereocenters. The van der Waals surface area contributed by atoms with E-state index in [0.29, 0.717) is 36.6 Å². The summed E-state index contributed by atoms with van der Waals surface area (Å²) in [7, 11) is 5.09. The van der Waals surface area contributed by atoms with Crippen LogP contribution in [0.25, 0.3) is 0 Å².